The zero-order valence-corrected chi connectivity index (χ0v) is 18.5. The van der Waals surface area contributed by atoms with Crippen LogP contribution in [0, 0.1) is 19.3 Å². The van der Waals surface area contributed by atoms with Gasteiger partial charge in [-0.05, 0) is 78.6 Å². The van der Waals surface area contributed by atoms with Crippen LogP contribution in [0.4, 0.5) is 11.4 Å². The van der Waals surface area contributed by atoms with E-state index in [0.29, 0.717) is 12.5 Å². The minimum absolute atomic E-state index is 0.0116. The minimum atomic E-state index is -0.0116. The van der Waals surface area contributed by atoms with Crippen molar-refractivity contribution in [2.45, 2.75) is 59.9 Å². The first kappa shape index (κ1) is 19.9. The zero-order valence-electron chi connectivity index (χ0n) is 16.9. The number of carbonyl (C=O) groups is 1. The summed E-state index contributed by atoms with van der Waals surface area (Å²) in [5.74, 6) is 0.0937. The fraction of sp³-hybridized carbons (Fsp3) is 0.435. The summed E-state index contributed by atoms with van der Waals surface area (Å²) in [5, 5.41) is 6.83. The molecule has 3 nitrogen and oxygen atoms in total. The van der Waals surface area contributed by atoms with Gasteiger partial charge in [-0.3, -0.25) is 4.79 Å². The topological polar surface area (TPSA) is 41.1 Å². The first-order valence-electron chi connectivity index (χ1n) is 9.59. The number of fused-ring (bicyclic) bond motifs is 1. The van der Waals surface area contributed by atoms with E-state index in [4.69, 9.17) is 0 Å². The van der Waals surface area contributed by atoms with Crippen LogP contribution in [-0.2, 0) is 11.2 Å². The van der Waals surface area contributed by atoms with E-state index in [0.717, 1.165) is 34.3 Å². The predicted octanol–water partition coefficient (Wildman–Crippen LogP) is 6.54. The molecule has 0 bridgehead atoms. The Labute approximate surface area is 171 Å². The van der Waals surface area contributed by atoms with Gasteiger partial charge in [-0.2, -0.15) is 0 Å². The highest BCUT2D eigenvalue weighted by molar-refractivity contribution is 9.10. The van der Waals surface area contributed by atoms with Crippen molar-refractivity contribution in [1.82, 2.24) is 0 Å². The fourth-order valence-electron chi connectivity index (χ4n) is 3.90. The van der Waals surface area contributed by atoms with Gasteiger partial charge in [0.1, 0.15) is 0 Å². The molecule has 0 saturated carbocycles. The predicted molar refractivity (Wildman–Crippen MR) is 117 cm³/mol. The Kier molecular flexibility index (Phi) is 5.66. The molecule has 1 aliphatic rings. The quantitative estimate of drug-likeness (QED) is 0.579. The molecule has 3 rings (SSSR count). The van der Waals surface area contributed by atoms with Gasteiger partial charge in [-0.15, -0.1) is 0 Å². The molecule has 0 saturated heterocycles. The standard InChI is InChI=1S/C23H29BrN2O/c1-14-12-19-18(15(2)22(14)26-21(27)13-23(3,4)5)10-11-20(19)25-17-8-6-16(24)7-9-17/h6-9,12,20,25H,10-11,13H2,1-5H3,(H,26,27). The van der Waals surface area contributed by atoms with Crippen molar-refractivity contribution in [2.75, 3.05) is 10.6 Å². The second kappa shape index (κ2) is 7.67. The summed E-state index contributed by atoms with van der Waals surface area (Å²) >= 11 is 3.49. The number of carbonyl (C=O) groups excluding carboxylic acids is 1. The van der Waals surface area contributed by atoms with Crippen molar-refractivity contribution in [2.24, 2.45) is 5.41 Å². The zero-order chi connectivity index (χ0) is 19.8. The van der Waals surface area contributed by atoms with Crippen LogP contribution in [0.25, 0.3) is 0 Å². The average molecular weight is 429 g/mol. The molecule has 2 N–H and O–H groups in total. The molecule has 1 atom stereocenters. The van der Waals surface area contributed by atoms with E-state index in [2.05, 4.69) is 91.5 Å². The van der Waals surface area contributed by atoms with E-state index in [1.807, 2.05) is 0 Å². The van der Waals surface area contributed by atoms with E-state index < -0.39 is 0 Å². The molecule has 144 valence electrons. The monoisotopic (exact) mass is 428 g/mol. The third-order valence-corrected chi connectivity index (χ3v) is 5.67. The fourth-order valence-corrected chi connectivity index (χ4v) is 4.16. The molecule has 0 heterocycles. The van der Waals surface area contributed by atoms with Gasteiger partial charge < -0.3 is 10.6 Å². The highest BCUT2D eigenvalue weighted by Gasteiger charge is 2.27. The lowest BCUT2D eigenvalue weighted by Gasteiger charge is -2.21. The number of anilines is 2. The van der Waals surface area contributed by atoms with Crippen molar-refractivity contribution in [1.29, 1.82) is 0 Å². The molecular formula is C23H29BrN2O. The Morgan fingerprint density at radius 1 is 1.19 bits per heavy atom. The minimum Gasteiger partial charge on any atom is -0.378 e. The first-order chi connectivity index (χ1) is 12.6. The van der Waals surface area contributed by atoms with Crippen molar-refractivity contribution in [3.8, 4) is 0 Å². The number of benzene rings is 2. The van der Waals surface area contributed by atoms with Crippen LogP contribution in [0.2, 0.25) is 0 Å². The van der Waals surface area contributed by atoms with Crippen molar-refractivity contribution in [3.63, 3.8) is 0 Å². The summed E-state index contributed by atoms with van der Waals surface area (Å²) in [7, 11) is 0. The Morgan fingerprint density at radius 2 is 1.85 bits per heavy atom. The lowest BCUT2D eigenvalue weighted by Crippen LogP contribution is -2.21. The number of aryl methyl sites for hydroxylation is 1. The Hall–Kier alpha value is -1.81. The Balaban J connectivity index is 1.82. The third-order valence-electron chi connectivity index (χ3n) is 5.14. The molecule has 1 aliphatic carbocycles. The molecule has 0 aromatic heterocycles. The molecule has 1 unspecified atom stereocenters. The summed E-state index contributed by atoms with van der Waals surface area (Å²) in [5.41, 5.74) is 7.21. The smallest absolute Gasteiger partial charge is 0.224 e. The van der Waals surface area contributed by atoms with E-state index in [9.17, 15) is 4.79 Å². The number of halogens is 1. The number of amides is 1. The van der Waals surface area contributed by atoms with Gasteiger partial charge >= 0.3 is 0 Å². The molecular weight excluding hydrogens is 400 g/mol. The van der Waals surface area contributed by atoms with Gasteiger partial charge in [0.25, 0.3) is 0 Å². The van der Waals surface area contributed by atoms with Crippen molar-refractivity contribution >= 4 is 33.2 Å². The van der Waals surface area contributed by atoms with Crippen LogP contribution in [-0.4, -0.2) is 5.91 Å². The second-order valence-electron chi connectivity index (χ2n) is 8.79. The van der Waals surface area contributed by atoms with E-state index in [-0.39, 0.29) is 11.3 Å². The molecule has 0 radical (unpaired) electrons. The number of hydrogen-bond donors (Lipinski definition) is 2. The van der Waals surface area contributed by atoms with Crippen LogP contribution in [0.15, 0.2) is 34.8 Å². The SMILES string of the molecule is Cc1cc2c(c(C)c1NC(=O)CC(C)(C)C)CCC2Nc1ccc(Br)cc1. The second-order valence-corrected chi connectivity index (χ2v) is 9.71. The number of nitrogens with one attached hydrogen (secondary N) is 2. The largest absolute Gasteiger partial charge is 0.378 e. The molecule has 0 spiro atoms. The first-order valence-corrected chi connectivity index (χ1v) is 10.4. The summed E-state index contributed by atoms with van der Waals surface area (Å²) in [4.78, 5) is 12.4. The van der Waals surface area contributed by atoms with Crippen LogP contribution in [0.5, 0.6) is 0 Å². The van der Waals surface area contributed by atoms with Gasteiger partial charge in [-0.25, -0.2) is 0 Å². The Bertz CT molecular complexity index is 850. The van der Waals surface area contributed by atoms with Crippen molar-refractivity contribution in [3.05, 3.63) is 57.1 Å². The summed E-state index contributed by atoms with van der Waals surface area (Å²) in [6, 6.07) is 10.9. The van der Waals surface area contributed by atoms with Gasteiger partial charge in [-0.1, -0.05) is 42.8 Å². The summed E-state index contributed by atoms with van der Waals surface area (Å²) < 4.78 is 1.09. The van der Waals surface area contributed by atoms with Crippen LogP contribution in [0.1, 0.15) is 61.9 Å². The molecule has 0 fully saturated rings. The van der Waals surface area contributed by atoms with Crippen LogP contribution >= 0.6 is 15.9 Å². The maximum Gasteiger partial charge on any atom is 0.224 e. The molecule has 2 aromatic carbocycles. The van der Waals surface area contributed by atoms with Gasteiger partial charge in [0.15, 0.2) is 0 Å². The van der Waals surface area contributed by atoms with Gasteiger partial charge in [0, 0.05) is 22.3 Å². The molecule has 0 aliphatic heterocycles. The maximum atomic E-state index is 12.4. The number of rotatable bonds is 4. The van der Waals surface area contributed by atoms with Crippen molar-refractivity contribution < 1.29 is 4.79 Å². The lowest BCUT2D eigenvalue weighted by atomic mass is 9.91. The lowest BCUT2D eigenvalue weighted by molar-refractivity contribution is -0.117. The van der Waals surface area contributed by atoms with E-state index in [1.165, 1.54) is 16.7 Å². The molecule has 2 aromatic rings. The van der Waals surface area contributed by atoms with Crippen LogP contribution in [0.3, 0.4) is 0 Å². The maximum absolute atomic E-state index is 12.4. The van der Waals surface area contributed by atoms with E-state index >= 15 is 0 Å². The van der Waals surface area contributed by atoms with Gasteiger partial charge in [0.05, 0.1) is 6.04 Å². The summed E-state index contributed by atoms with van der Waals surface area (Å²) in [6.07, 6.45) is 2.64. The highest BCUT2D eigenvalue weighted by Crippen LogP contribution is 2.40. The third kappa shape index (κ3) is 4.73. The molecule has 1 amide bonds. The summed E-state index contributed by atoms with van der Waals surface area (Å²) in [6.45, 7) is 10.5. The average Bonchev–Trinajstić information content (AvgIpc) is 2.95. The number of hydrogen-bond acceptors (Lipinski definition) is 2. The van der Waals surface area contributed by atoms with Crippen LogP contribution < -0.4 is 10.6 Å². The normalized spacial score (nSPS) is 16.1. The Morgan fingerprint density at radius 3 is 2.48 bits per heavy atom. The highest BCUT2D eigenvalue weighted by atomic mass is 79.9. The van der Waals surface area contributed by atoms with E-state index in [1.54, 1.807) is 0 Å². The van der Waals surface area contributed by atoms with Gasteiger partial charge in [0.2, 0.25) is 5.91 Å². The molecule has 4 heteroatoms. The molecule has 27 heavy (non-hydrogen) atoms.